The van der Waals surface area contributed by atoms with Crippen molar-refractivity contribution < 1.29 is 71.7 Å². The smallest absolute Gasteiger partial charge is 0.477 e. The van der Waals surface area contributed by atoms with Crippen LogP contribution in [0.15, 0.2) is 0 Å². The van der Waals surface area contributed by atoms with Gasteiger partial charge in [0.2, 0.25) is 0 Å². The Morgan fingerprint density at radius 3 is 1.26 bits per heavy atom. The van der Waals surface area contributed by atoms with Gasteiger partial charge in [0.25, 0.3) is 0 Å². The lowest BCUT2D eigenvalue weighted by atomic mass is 9.98. The topological polar surface area (TPSA) is 46.5 Å². The highest BCUT2D eigenvalue weighted by Crippen LogP contribution is 2.57. The van der Waals surface area contributed by atoms with E-state index in [2.05, 4.69) is 0 Å². The van der Waals surface area contributed by atoms with Gasteiger partial charge in [-0.2, -0.15) is 43.9 Å². The maximum absolute atomic E-state index is 12.7. The van der Waals surface area contributed by atoms with Gasteiger partial charge < -0.3 is 5.11 Å². The molecule has 0 rings (SSSR count). The van der Waals surface area contributed by atoms with Gasteiger partial charge in [0.05, 0.1) is 0 Å². The number of carboxylic acids is 1. The third kappa shape index (κ3) is 3.25. The molecule has 0 spiro atoms. The molecule has 0 radical (unpaired) electrons. The molecule has 0 aliphatic carbocycles. The van der Waals surface area contributed by atoms with Gasteiger partial charge in [-0.3, -0.25) is 0 Å². The van der Waals surface area contributed by atoms with Crippen LogP contribution < -0.4 is 0 Å². The molecule has 0 saturated heterocycles. The number of aliphatic carboxylic acids is 1. The molecule has 0 aromatic heterocycles. The van der Waals surface area contributed by atoms with E-state index in [0.29, 0.717) is 0 Å². The van der Waals surface area contributed by atoms with Gasteiger partial charge in [-0.05, 0) is 0 Å². The van der Waals surface area contributed by atoms with Gasteiger partial charge in [-0.15, -0.1) is 13.2 Å². The molecule has 0 fully saturated rings. The number of rotatable bonds is 6. The van der Waals surface area contributed by atoms with E-state index in [1.54, 1.807) is 0 Å². The summed E-state index contributed by atoms with van der Waals surface area (Å²) in [6.45, 7) is 0. The van der Waals surface area contributed by atoms with Crippen LogP contribution in [-0.4, -0.2) is 47.2 Å². The molecule has 23 heavy (non-hydrogen) atoms. The van der Waals surface area contributed by atoms with Crippen LogP contribution in [0.3, 0.4) is 0 Å². The van der Waals surface area contributed by atoms with Crippen LogP contribution in [0.2, 0.25) is 0 Å². The van der Waals surface area contributed by atoms with Crippen molar-refractivity contribution in [2.75, 3.05) is 0 Å². The second-order valence-corrected chi connectivity index (χ2v) is 3.67. The maximum atomic E-state index is 12.7. The fourth-order valence-corrected chi connectivity index (χ4v) is 0.921. The Balaban J connectivity index is 6.12. The highest BCUT2D eigenvalue weighted by molar-refractivity contribution is 5.77. The van der Waals surface area contributed by atoms with Crippen molar-refractivity contribution in [3.8, 4) is 0 Å². The molecular formula is C7HF13O3. The van der Waals surface area contributed by atoms with Gasteiger partial charge in [0.1, 0.15) is 0 Å². The Kier molecular flexibility index (Phi) is 4.93. The first-order valence-electron chi connectivity index (χ1n) is 4.54. The summed E-state index contributed by atoms with van der Waals surface area (Å²) < 4.78 is 161. The van der Waals surface area contributed by atoms with E-state index in [1.807, 2.05) is 0 Å². The SMILES string of the molecule is O=C(O)C(F)(F)C(F)(F)C(F)(F)C(F)(F)C(F)(F)OC(F)(F)F. The second-order valence-electron chi connectivity index (χ2n) is 3.67. The van der Waals surface area contributed by atoms with Crippen LogP contribution in [0.1, 0.15) is 0 Å². The van der Waals surface area contributed by atoms with Gasteiger partial charge in [-0.1, -0.05) is 0 Å². The van der Waals surface area contributed by atoms with E-state index in [-0.39, 0.29) is 0 Å². The summed E-state index contributed by atoms with van der Waals surface area (Å²) in [6.07, 6.45) is -14.2. The number of hydrogen-bond acceptors (Lipinski definition) is 2. The number of ether oxygens (including phenoxy) is 1. The number of carboxylic acid groups (broad SMARTS) is 1. The van der Waals surface area contributed by atoms with Crippen molar-refractivity contribution >= 4 is 5.97 Å². The van der Waals surface area contributed by atoms with E-state index in [1.165, 1.54) is 4.74 Å². The normalized spacial score (nSPS) is 15.7. The Morgan fingerprint density at radius 2 is 1.00 bits per heavy atom. The molecule has 1 N–H and O–H groups in total. The zero-order chi connectivity index (χ0) is 19.3. The van der Waals surface area contributed by atoms with Crippen LogP contribution in [0.5, 0.6) is 0 Å². The lowest BCUT2D eigenvalue weighted by molar-refractivity contribution is -0.500. The minimum Gasteiger partial charge on any atom is -0.477 e. The molecule has 0 saturated carbocycles. The quantitative estimate of drug-likeness (QED) is 0.715. The molecule has 0 heterocycles. The number of hydrogen-bond donors (Lipinski definition) is 1. The van der Waals surface area contributed by atoms with Crippen molar-refractivity contribution in [1.82, 2.24) is 0 Å². The third-order valence-corrected chi connectivity index (χ3v) is 2.06. The Labute approximate surface area is 115 Å². The van der Waals surface area contributed by atoms with Crippen LogP contribution in [-0.2, 0) is 9.53 Å². The fourth-order valence-electron chi connectivity index (χ4n) is 0.921. The van der Waals surface area contributed by atoms with E-state index < -0.39 is 42.1 Å². The first-order chi connectivity index (χ1) is 9.65. The molecule has 0 aliphatic rings. The van der Waals surface area contributed by atoms with Crippen LogP contribution >= 0.6 is 0 Å². The number of carbonyl (C=O) groups is 1. The average molecular weight is 380 g/mol. The first kappa shape index (κ1) is 21.5. The van der Waals surface area contributed by atoms with E-state index in [9.17, 15) is 61.9 Å². The van der Waals surface area contributed by atoms with Crippen molar-refractivity contribution in [2.24, 2.45) is 0 Å². The highest BCUT2D eigenvalue weighted by Gasteiger charge is 2.89. The molecule has 0 amide bonds. The van der Waals surface area contributed by atoms with Crippen LogP contribution in [0.4, 0.5) is 57.1 Å². The standard InChI is InChI=1S/C7HF13O3/c8-2(9,1(21)22)3(10,11)4(12,13)5(14,15)6(16,17)23-7(18,19)20/h(H,21,22). The summed E-state index contributed by atoms with van der Waals surface area (Å²) >= 11 is 0. The van der Waals surface area contributed by atoms with Crippen LogP contribution in [0.25, 0.3) is 0 Å². The molecule has 0 bridgehead atoms. The molecule has 138 valence electrons. The molecule has 0 aliphatic heterocycles. The predicted molar refractivity (Wildman–Crippen MR) is 39.5 cm³/mol. The maximum Gasteiger partial charge on any atom is 0.527 e. The minimum absolute atomic E-state index is 1.26. The fraction of sp³-hybridized carbons (Fsp3) is 0.857. The first-order valence-corrected chi connectivity index (χ1v) is 4.54. The van der Waals surface area contributed by atoms with Gasteiger partial charge in [0, 0.05) is 0 Å². The van der Waals surface area contributed by atoms with Crippen molar-refractivity contribution in [3.63, 3.8) is 0 Å². The largest absolute Gasteiger partial charge is 0.527 e. The van der Waals surface area contributed by atoms with E-state index in [4.69, 9.17) is 5.11 Å². The van der Waals surface area contributed by atoms with Crippen molar-refractivity contribution in [1.29, 1.82) is 0 Å². The molecular weight excluding hydrogens is 379 g/mol. The summed E-state index contributed by atoms with van der Waals surface area (Å²) in [7, 11) is 0. The van der Waals surface area contributed by atoms with Crippen molar-refractivity contribution in [2.45, 2.75) is 36.2 Å². The zero-order valence-electron chi connectivity index (χ0n) is 9.68. The summed E-state index contributed by atoms with van der Waals surface area (Å²) in [4.78, 5) is 9.71. The number of halogens is 13. The summed E-state index contributed by atoms with van der Waals surface area (Å²) in [6, 6.07) is 0. The molecule has 0 atom stereocenters. The molecule has 3 nitrogen and oxygen atoms in total. The summed E-state index contributed by atoms with van der Waals surface area (Å²) in [5.41, 5.74) is 0. The van der Waals surface area contributed by atoms with Crippen molar-refractivity contribution in [3.05, 3.63) is 0 Å². The lowest BCUT2D eigenvalue weighted by Gasteiger charge is -2.37. The monoisotopic (exact) mass is 380 g/mol. The van der Waals surface area contributed by atoms with Crippen LogP contribution in [0, 0.1) is 0 Å². The lowest BCUT2D eigenvalue weighted by Crippen LogP contribution is -2.69. The number of alkyl halides is 13. The summed E-state index contributed by atoms with van der Waals surface area (Å²) in [5, 5.41) is 7.59. The second kappa shape index (κ2) is 5.27. The molecule has 0 aromatic carbocycles. The highest BCUT2D eigenvalue weighted by atomic mass is 19.4. The zero-order valence-corrected chi connectivity index (χ0v) is 9.68. The summed E-state index contributed by atoms with van der Waals surface area (Å²) in [5.74, 6) is -34.7. The minimum atomic E-state index is -7.96. The van der Waals surface area contributed by atoms with Gasteiger partial charge in [-0.25, -0.2) is 9.53 Å². The Bertz CT molecular complexity index is 465. The Hall–Kier alpha value is -1.48. The van der Waals surface area contributed by atoms with Gasteiger partial charge in [0.15, 0.2) is 0 Å². The van der Waals surface area contributed by atoms with Gasteiger partial charge >= 0.3 is 42.1 Å². The van der Waals surface area contributed by atoms with E-state index >= 15 is 0 Å². The molecule has 16 heteroatoms. The van der Waals surface area contributed by atoms with E-state index in [0.717, 1.165) is 0 Å². The molecule has 0 aromatic rings. The average Bonchev–Trinajstić information content (AvgIpc) is 2.24. The molecule has 0 unspecified atom stereocenters. The Morgan fingerprint density at radius 1 is 0.652 bits per heavy atom. The third-order valence-electron chi connectivity index (χ3n) is 2.06. The predicted octanol–water partition coefficient (Wildman–Crippen LogP) is 3.74.